The number of hydrogen-bond donors (Lipinski definition) is 2. The number of nitrogens with zero attached hydrogens (tertiary/aromatic N) is 4. The lowest BCUT2D eigenvalue weighted by atomic mass is 10.2. The van der Waals surface area contributed by atoms with Gasteiger partial charge < -0.3 is 15.2 Å². The molecule has 2 aliphatic rings. The monoisotopic (exact) mass is 533 g/mol. The van der Waals surface area contributed by atoms with Gasteiger partial charge in [-0.05, 0) is 45.0 Å². The maximum absolute atomic E-state index is 13.3. The molecule has 2 aromatic rings. The molecule has 2 aromatic heterocycles. The second-order valence-electron chi connectivity index (χ2n) is 8.51. The van der Waals surface area contributed by atoms with Crippen molar-refractivity contribution in [2.75, 3.05) is 44.7 Å². The molecule has 194 valence electrons. The van der Waals surface area contributed by atoms with Gasteiger partial charge in [0, 0.05) is 38.8 Å². The van der Waals surface area contributed by atoms with Gasteiger partial charge in [0.2, 0.25) is 0 Å². The van der Waals surface area contributed by atoms with Crippen LogP contribution in [0.1, 0.15) is 32.8 Å². The molecule has 0 spiro atoms. The van der Waals surface area contributed by atoms with Gasteiger partial charge >= 0.3 is 0 Å². The molecule has 0 aliphatic carbocycles. The fraction of sp³-hybridized carbons (Fsp3) is 0.458. The van der Waals surface area contributed by atoms with Gasteiger partial charge in [0.15, 0.2) is 0 Å². The second-order valence-corrected chi connectivity index (χ2v) is 10.2. The highest BCUT2D eigenvalue weighted by atomic mass is 32.2. The molecule has 4 rings (SSSR count). The minimum absolute atomic E-state index is 0.0398. The number of thiocarbonyl (C=S) groups is 1. The van der Waals surface area contributed by atoms with Gasteiger partial charge in [-0.3, -0.25) is 28.6 Å². The molecule has 4 heterocycles. The first kappa shape index (κ1) is 27.8. The van der Waals surface area contributed by atoms with Crippen LogP contribution in [0.5, 0.6) is 0 Å². The van der Waals surface area contributed by atoms with E-state index >= 15 is 0 Å². The van der Waals surface area contributed by atoms with Crippen LogP contribution in [0.3, 0.4) is 0 Å². The molecule has 10 nitrogen and oxygen atoms in total. The van der Waals surface area contributed by atoms with E-state index in [-0.39, 0.29) is 17.5 Å². The summed E-state index contributed by atoms with van der Waals surface area (Å²) in [6.07, 6.45) is 4.22. The van der Waals surface area contributed by atoms with E-state index < -0.39 is 5.97 Å². The maximum atomic E-state index is 13.3. The maximum Gasteiger partial charge on any atom is 0.300 e. The number of carbonyl (C=O) groups excluding carboxylic acids is 1. The van der Waals surface area contributed by atoms with Gasteiger partial charge in [-0.2, -0.15) is 0 Å². The number of nitrogens with one attached hydrogen (secondary N) is 1. The van der Waals surface area contributed by atoms with Gasteiger partial charge in [0.05, 0.1) is 23.7 Å². The molecule has 1 amide bonds. The Morgan fingerprint density at radius 3 is 2.64 bits per heavy atom. The van der Waals surface area contributed by atoms with Crippen molar-refractivity contribution in [2.24, 2.45) is 0 Å². The first-order chi connectivity index (χ1) is 17.2. The minimum Gasteiger partial charge on any atom is -0.481 e. The fourth-order valence-electron chi connectivity index (χ4n) is 3.76. The molecule has 0 saturated carbocycles. The van der Waals surface area contributed by atoms with Crippen molar-refractivity contribution in [1.82, 2.24) is 19.2 Å². The largest absolute Gasteiger partial charge is 0.481 e. The smallest absolute Gasteiger partial charge is 0.300 e. The van der Waals surface area contributed by atoms with E-state index in [1.165, 1.54) is 16.2 Å². The third kappa shape index (κ3) is 7.12. The third-order valence-corrected chi connectivity index (χ3v) is 6.76. The van der Waals surface area contributed by atoms with Gasteiger partial charge in [-0.1, -0.05) is 30.0 Å². The van der Waals surface area contributed by atoms with Crippen LogP contribution in [0, 0.1) is 0 Å². The second kappa shape index (κ2) is 12.9. The number of aromatic nitrogens is 2. The average Bonchev–Trinajstić information content (AvgIpc) is 3.12. The quantitative estimate of drug-likeness (QED) is 0.312. The van der Waals surface area contributed by atoms with Crippen LogP contribution in [0.15, 0.2) is 34.1 Å². The topological polar surface area (TPSA) is 116 Å². The summed E-state index contributed by atoms with van der Waals surface area (Å²) in [6.45, 7) is 9.97. The Balaban J connectivity index is 0.000000840. The summed E-state index contributed by atoms with van der Waals surface area (Å²) in [4.78, 5) is 44.2. The molecular formula is C24H31N5O5S2. The Hall–Kier alpha value is -2.80. The van der Waals surface area contributed by atoms with Crippen LogP contribution in [0.25, 0.3) is 11.7 Å². The van der Waals surface area contributed by atoms with E-state index in [0.717, 1.165) is 46.2 Å². The molecule has 0 radical (unpaired) electrons. The molecule has 36 heavy (non-hydrogen) atoms. The van der Waals surface area contributed by atoms with E-state index in [1.807, 2.05) is 19.9 Å². The standard InChI is InChI=1S/C22H27N5O3S2.C2H4O2/c1-15(2)27-21(29)17(32-22(27)31)14-16-19(23-7-5-8-25-10-12-30-13-11-25)24-18-6-3-4-9-26(18)20(16)28;1-2(3)4/h3-4,6,9,14-15,23H,5,7-8,10-13H2,1-2H3;1H3,(H,3,4)/b17-14+;. The molecular weight excluding hydrogens is 502 g/mol. The Kier molecular flexibility index (Phi) is 9.99. The highest BCUT2D eigenvalue weighted by Gasteiger charge is 2.34. The van der Waals surface area contributed by atoms with Gasteiger partial charge in [0.1, 0.15) is 15.8 Å². The summed E-state index contributed by atoms with van der Waals surface area (Å²) in [6, 6.07) is 5.38. The van der Waals surface area contributed by atoms with Gasteiger partial charge in [0.25, 0.3) is 17.4 Å². The first-order valence-electron chi connectivity index (χ1n) is 11.7. The van der Waals surface area contributed by atoms with Crippen LogP contribution < -0.4 is 10.9 Å². The highest BCUT2D eigenvalue weighted by Crippen LogP contribution is 2.34. The molecule has 2 fully saturated rings. The summed E-state index contributed by atoms with van der Waals surface area (Å²) >= 11 is 6.60. The predicted molar refractivity (Wildman–Crippen MR) is 145 cm³/mol. The third-order valence-electron chi connectivity index (χ3n) is 5.43. The zero-order valence-electron chi connectivity index (χ0n) is 20.6. The number of hydrogen-bond acceptors (Lipinski definition) is 9. The zero-order valence-corrected chi connectivity index (χ0v) is 22.2. The van der Waals surface area contributed by atoms with E-state index in [2.05, 4.69) is 15.2 Å². The number of ether oxygens (including phenoxy) is 1. The number of rotatable bonds is 7. The van der Waals surface area contributed by atoms with Crippen molar-refractivity contribution in [3.8, 4) is 0 Å². The lowest BCUT2D eigenvalue weighted by Gasteiger charge is -2.26. The lowest BCUT2D eigenvalue weighted by Crippen LogP contribution is -2.37. The number of carboxylic acid groups (broad SMARTS) is 1. The number of anilines is 1. The average molecular weight is 534 g/mol. The van der Waals surface area contributed by atoms with E-state index in [9.17, 15) is 9.59 Å². The number of fused-ring (bicyclic) bond motifs is 1. The molecule has 2 N–H and O–H groups in total. The van der Waals surface area contributed by atoms with E-state index in [1.54, 1.807) is 29.3 Å². The molecule has 0 aromatic carbocycles. The van der Waals surface area contributed by atoms with Crippen molar-refractivity contribution < 1.29 is 19.4 Å². The van der Waals surface area contributed by atoms with Crippen molar-refractivity contribution in [1.29, 1.82) is 0 Å². The van der Waals surface area contributed by atoms with Crippen LogP contribution in [0.2, 0.25) is 0 Å². The van der Waals surface area contributed by atoms with Gasteiger partial charge in [-0.25, -0.2) is 4.98 Å². The zero-order chi connectivity index (χ0) is 26.2. The first-order valence-corrected chi connectivity index (χ1v) is 12.9. The predicted octanol–water partition coefficient (Wildman–Crippen LogP) is 2.53. The van der Waals surface area contributed by atoms with Crippen molar-refractivity contribution in [3.05, 3.63) is 45.2 Å². The molecule has 0 unspecified atom stereocenters. The lowest BCUT2D eigenvalue weighted by molar-refractivity contribution is -0.134. The van der Waals surface area contributed by atoms with Crippen LogP contribution >= 0.6 is 24.0 Å². The van der Waals surface area contributed by atoms with Crippen LogP contribution in [0.4, 0.5) is 5.82 Å². The summed E-state index contributed by atoms with van der Waals surface area (Å²) in [5, 5.41) is 10.7. The fourth-order valence-corrected chi connectivity index (χ4v) is 5.26. The summed E-state index contributed by atoms with van der Waals surface area (Å²) in [5.74, 6) is -0.524. The van der Waals surface area contributed by atoms with Crippen molar-refractivity contribution in [2.45, 2.75) is 33.2 Å². The molecule has 0 bridgehead atoms. The van der Waals surface area contributed by atoms with Crippen molar-refractivity contribution in [3.63, 3.8) is 0 Å². The molecule has 12 heteroatoms. The van der Waals surface area contributed by atoms with Gasteiger partial charge in [-0.15, -0.1) is 0 Å². The number of aliphatic carboxylic acids is 1. The van der Waals surface area contributed by atoms with E-state index in [4.69, 9.17) is 26.9 Å². The summed E-state index contributed by atoms with van der Waals surface area (Å²) < 4.78 is 7.39. The van der Waals surface area contributed by atoms with Crippen LogP contribution in [-0.4, -0.2) is 85.9 Å². The number of carbonyl (C=O) groups is 2. The number of morpholine rings is 1. The molecule has 2 aliphatic heterocycles. The number of amides is 1. The summed E-state index contributed by atoms with van der Waals surface area (Å²) in [5.41, 5.74) is 0.700. The molecule has 2 saturated heterocycles. The molecule has 0 atom stereocenters. The number of thioether (sulfide) groups is 1. The summed E-state index contributed by atoms with van der Waals surface area (Å²) in [7, 11) is 0. The number of pyridine rings is 1. The Morgan fingerprint density at radius 1 is 1.31 bits per heavy atom. The van der Waals surface area contributed by atoms with Crippen molar-refractivity contribution >= 4 is 57.7 Å². The Bertz CT molecular complexity index is 1200. The minimum atomic E-state index is -0.833. The Labute approximate surface area is 219 Å². The number of carboxylic acids is 1. The SMILES string of the molecule is CC(=O)O.CC(C)N1C(=O)/C(=C\c2c(NCCCN3CCOCC3)nc3ccccn3c2=O)SC1=S. The van der Waals surface area contributed by atoms with E-state index in [0.29, 0.717) is 32.8 Å². The van der Waals surface area contributed by atoms with Crippen LogP contribution in [-0.2, 0) is 14.3 Å². The normalized spacial score (nSPS) is 17.6. The highest BCUT2D eigenvalue weighted by molar-refractivity contribution is 8.26. The Morgan fingerprint density at radius 2 is 2.00 bits per heavy atom.